The highest BCUT2D eigenvalue weighted by molar-refractivity contribution is 7.13. The molecule has 310 valence electrons. The van der Waals surface area contributed by atoms with Gasteiger partial charge in [-0.2, -0.15) is 0 Å². The first-order valence-corrected chi connectivity index (χ1v) is 20.5. The van der Waals surface area contributed by atoms with Crippen molar-refractivity contribution in [3.8, 4) is 10.6 Å². The Morgan fingerprint density at radius 1 is 0.966 bits per heavy atom. The lowest BCUT2D eigenvalue weighted by molar-refractivity contribution is -0.132. The molecule has 15 heteroatoms. The van der Waals surface area contributed by atoms with Gasteiger partial charge in [-0.25, -0.2) is 19.6 Å². The van der Waals surface area contributed by atoms with E-state index in [1.807, 2.05) is 113 Å². The second kappa shape index (κ2) is 20.4. The van der Waals surface area contributed by atoms with Crippen LogP contribution >= 0.6 is 11.3 Å². The van der Waals surface area contributed by atoms with Gasteiger partial charge in [0, 0.05) is 49.5 Å². The standard InChI is InChI=1S/C43H56N8O6S/c1-7-29(2)36(51-22-21-49(42(51)56)26-33-28-58-40(45-33)32-19-14-20-44-24-32)38(53)46-34(23-30-15-10-8-11-16-30)35(52)27-50(25-31-17-12-9-13-18-31)48-39(54)37(43(3,4)5)47-41(55)57-6/h8-20,24,28-29,34-37,52H,7,21-23,25-27H2,1-6H3,(H,46,53)(H,47,55)(H,48,54). The van der Waals surface area contributed by atoms with Crippen LogP contribution in [0.1, 0.15) is 57.9 Å². The van der Waals surface area contributed by atoms with Crippen LogP contribution in [-0.4, -0.2) is 105 Å². The van der Waals surface area contributed by atoms with Crippen LogP contribution in [-0.2, 0) is 33.8 Å². The van der Waals surface area contributed by atoms with Crippen LogP contribution in [0.15, 0.2) is 90.6 Å². The summed E-state index contributed by atoms with van der Waals surface area (Å²) in [5, 5.41) is 22.2. The van der Waals surface area contributed by atoms with Crippen molar-refractivity contribution in [3.05, 3.63) is 107 Å². The van der Waals surface area contributed by atoms with Gasteiger partial charge in [-0.1, -0.05) is 102 Å². The van der Waals surface area contributed by atoms with E-state index in [2.05, 4.69) is 21.0 Å². The Labute approximate surface area is 345 Å². The van der Waals surface area contributed by atoms with Crippen molar-refractivity contribution in [2.75, 3.05) is 26.7 Å². The van der Waals surface area contributed by atoms with Crippen molar-refractivity contribution in [1.29, 1.82) is 0 Å². The number of aliphatic hydroxyl groups excluding tert-OH is 1. The highest BCUT2D eigenvalue weighted by Gasteiger charge is 2.41. The summed E-state index contributed by atoms with van der Waals surface area (Å²) >= 11 is 1.49. The Bertz CT molecular complexity index is 1940. The van der Waals surface area contributed by atoms with E-state index in [1.165, 1.54) is 18.4 Å². The Hall–Kier alpha value is -5.38. The number of hydrazine groups is 1. The molecule has 0 spiro atoms. The van der Waals surface area contributed by atoms with Gasteiger partial charge in [-0.15, -0.1) is 11.3 Å². The molecule has 1 aliphatic heterocycles. The van der Waals surface area contributed by atoms with E-state index in [0.717, 1.165) is 27.4 Å². The number of rotatable bonds is 18. The summed E-state index contributed by atoms with van der Waals surface area (Å²) in [5.74, 6) is -1.06. The molecule has 5 amide bonds. The van der Waals surface area contributed by atoms with E-state index in [0.29, 0.717) is 26.1 Å². The average molecular weight is 813 g/mol. The first-order valence-electron chi connectivity index (χ1n) is 19.6. The number of amides is 5. The van der Waals surface area contributed by atoms with Crippen LogP contribution in [0.4, 0.5) is 9.59 Å². The van der Waals surface area contributed by atoms with Gasteiger partial charge >= 0.3 is 12.1 Å². The van der Waals surface area contributed by atoms with Crippen molar-refractivity contribution >= 4 is 35.3 Å². The zero-order valence-electron chi connectivity index (χ0n) is 34.1. The quantitative estimate of drug-likeness (QED) is 0.0982. The molecule has 5 atom stereocenters. The third-order valence-corrected chi connectivity index (χ3v) is 11.2. The molecule has 4 N–H and O–H groups in total. The summed E-state index contributed by atoms with van der Waals surface area (Å²) in [4.78, 5) is 66.9. The number of pyridine rings is 1. The fourth-order valence-corrected chi connectivity index (χ4v) is 7.73. The number of urea groups is 1. The Morgan fingerprint density at radius 3 is 2.28 bits per heavy atom. The number of aliphatic hydroxyl groups is 1. The molecule has 0 bridgehead atoms. The van der Waals surface area contributed by atoms with E-state index in [4.69, 9.17) is 9.72 Å². The fourth-order valence-electron chi connectivity index (χ4n) is 6.93. The predicted molar refractivity (Wildman–Crippen MR) is 223 cm³/mol. The van der Waals surface area contributed by atoms with Gasteiger partial charge in [0.25, 0.3) is 5.91 Å². The monoisotopic (exact) mass is 812 g/mol. The van der Waals surface area contributed by atoms with Gasteiger partial charge in [-0.3, -0.25) is 20.0 Å². The molecule has 2 aromatic carbocycles. The number of carbonyl (C=O) groups is 4. The minimum absolute atomic E-state index is 0.0768. The van der Waals surface area contributed by atoms with Crippen LogP contribution in [0, 0.1) is 11.3 Å². The number of nitrogens with zero attached hydrogens (tertiary/aromatic N) is 5. The van der Waals surface area contributed by atoms with E-state index in [1.54, 1.807) is 27.2 Å². The normalized spacial score (nSPS) is 15.7. The smallest absolute Gasteiger partial charge is 0.407 e. The molecule has 1 aliphatic rings. The molecular weight excluding hydrogens is 757 g/mol. The summed E-state index contributed by atoms with van der Waals surface area (Å²) in [6.45, 7) is 10.7. The summed E-state index contributed by atoms with van der Waals surface area (Å²) in [5.41, 5.74) is 5.66. The molecule has 2 aromatic heterocycles. The number of hydrogen-bond acceptors (Lipinski definition) is 10. The number of alkyl carbamates (subject to hydrolysis) is 1. The van der Waals surface area contributed by atoms with E-state index in [-0.39, 0.29) is 37.4 Å². The summed E-state index contributed by atoms with van der Waals surface area (Å²) in [6, 6.07) is 20.0. The second-order valence-electron chi connectivity index (χ2n) is 15.8. The minimum Gasteiger partial charge on any atom is -0.453 e. The SMILES string of the molecule is CCC(C)C(C(=O)NC(Cc1ccccc1)C(O)CN(Cc1ccccc1)NC(=O)C(NC(=O)OC)C(C)(C)C)N1CCN(Cc2csc(-c3cccnc3)n2)C1=O. The highest BCUT2D eigenvalue weighted by atomic mass is 32.1. The average Bonchev–Trinajstić information content (AvgIpc) is 3.83. The molecule has 5 unspecified atom stereocenters. The van der Waals surface area contributed by atoms with Crippen LogP contribution < -0.4 is 16.1 Å². The first-order chi connectivity index (χ1) is 27.8. The van der Waals surface area contributed by atoms with Crippen LogP contribution in [0.2, 0.25) is 0 Å². The molecule has 14 nitrogen and oxygen atoms in total. The number of carbonyl (C=O) groups excluding carboxylic acids is 4. The maximum Gasteiger partial charge on any atom is 0.407 e. The molecule has 58 heavy (non-hydrogen) atoms. The number of hydrogen-bond donors (Lipinski definition) is 4. The molecule has 3 heterocycles. The lowest BCUT2D eigenvalue weighted by Gasteiger charge is -2.36. The van der Waals surface area contributed by atoms with Crippen LogP contribution in [0.5, 0.6) is 0 Å². The Balaban J connectivity index is 1.36. The summed E-state index contributed by atoms with van der Waals surface area (Å²) in [6.07, 6.45) is 2.46. The zero-order chi connectivity index (χ0) is 41.8. The number of ether oxygens (including phenoxy) is 1. The lowest BCUT2D eigenvalue weighted by Crippen LogP contribution is -2.60. The van der Waals surface area contributed by atoms with Gasteiger partial charge < -0.3 is 30.3 Å². The third kappa shape index (κ3) is 11.8. The second-order valence-corrected chi connectivity index (χ2v) is 16.6. The number of benzene rings is 2. The van der Waals surface area contributed by atoms with Crippen molar-refractivity contribution in [3.63, 3.8) is 0 Å². The highest BCUT2D eigenvalue weighted by Crippen LogP contribution is 2.27. The lowest BCUT2D eigenvalue weighted by atomic mass is 9.86. The van der Waals surface area contributed by atoms with Crippen molar-refractivity contribution < 1.29 is 29.0 Å². The van der Waals surface area contributed by atoms with E-state index < -0.39 is 41.6 Å². The van der Waals surface area contributed by atoms with Gasteiger partial charge in [0.2, 0.25) is 5.91 Å². The maximum absolute atomic E-state index is 14.5. The number of methoxy groups -OCH3 is 1. The van der Waals surface area contributed by atoms with Crippen LogP contribution in [0.25, 0.3) is 10.6 Å². The van der Waals surface area contributed by atoms with E-state index >= 15 is 0 Å². The van der Waals surface area contributed by atoms with Gasteiger partial charge in [0.05, 0.1) is 31.5 Å². The predicted octanol–water partition coefficient (Wildman–Crippen LogP) is 5.25. The largest absolute Gasteiger partial charge is 0.453 e. The van der Waals surface area contributed by atoms with Gasteiger partial charge in [-0.05, 0) is 41.0 Å². The Kier molecular flexibility index (Phi) is 15.3. The number of thiazole rings is 1. The molecule has 0 aliphatic carbocycles. The van der Waals surface area contributed by atoms with Gasteiger partial charge in [0.15, 0.2) is 0 Å². The fraction of sp³-hybridized carbons (Fsp3) is 0.442. The first kappa shape index (κ1) is 43.7. The summed E-state index contributed by atoms with van der Waals surface area (Å²) in [7, 11) is 1.23. The molecule has 1 saturated heterocycles. The molecule has 1 fully saturated rings. The molecule has 0 radical (unpaired) electrons. The van der Waals surface area contributed by atoms with Crippen molar-refractivity contribution in [2.45, 2.75) is 84.8 Å². The summed E-state index contributed by atoms with van der Waals surface area (Å²) < 4.78 is 4.80. The minimum atomic E-state index is -1.18. The molecule has 4 aromatic rings. The molecule has 5 rings (SSSR count). The van der Waals surface area contributed by atoms with Gasteiger partial charge in [0.1, 0.15) is 17.1 Å². The number of nitrogens with one attached hydrogen (secondary N) is 3. The molecule has 0 saturated carbocycles. The maximum atomic E-state index is 14.5. The van der Waals surface area contributed by atoms with Crippen molar-refractivity contribution in [2.24, 2.45) is 11.3 Å². The number of aromatic nitrogens is 2. The third-order valence-electron chi connectivity index (χ3n) is 10.3. The Morgan fingerprint density at radius 2 is 1.66 bits per heavy atom. The zero-order valence-corrected chi connectivity index (χ0v) is 34.9. The van der Waals surface area contributed by atoms with Crippen LogP contribution in [0.3, 0.4) is 0 Å². The molecular formula is C43H56N8O6S. The van der Waals surface area contributed by atoms with E-state index in [9.17, 15) is 24.3 Å². The van der Waals surface area contributed by atoms with Crippen molar-refractivity contribution in [1.82, 2.24) is 40.8 Å². The topological polar surface area (TPSA) is 169 Å².